The molecule has 0 amide bonds. The van der Waals surface area contributed by atoms with E-state index in [9.17, 15) is 5.11 Å². The Kier molecular flexibility index (Phi) is 3.51. The van der Waals surface area contributed by atoms with Gasteiger partial charge in [0, 0.05) is 25.0 Å². The summed E-state index contributed by atoms with van der Waals surface area (Å²) in [5, 5.41) is 17.6. The summed E-state index contributed by atoms with van der Waals surface area (Å²) in [4.78, 5) is 2.24. The summed E-state index contributed by atoms with van der Waals surface area (Å²) in [6, 6.07) is 13.1. The Labute approximate surface area is 133 Å². The maximum absolute atomic E-state index is 9.45. The van der Waals surface area contributed by atoms with E-state index >= 15 is 0 Å². The Hall–Kier alpha value is -2.73. The highest BCUT2D eigenvalue weighted by Gasteiger charge is 2.20. The Morgan fingerprint density at radius 3 is 2.61 bits per heavy atom. The maximum Gasteiger partial charge on any atom is 0.175 e. The zero-order chi connectivity index (χ0) is 15.6. The van der Waals surface area contributed by atoms with Gasteiger partial charge in [0.1, 0.15) is 11.4 Å². The van der Waals surface area contributed by atoms with Gasteiger partial charge in [-0.25, -0.2) is 4.52 Å². The van der Waals surface area contributed by atoms with Gasteiger partial charge < -0.3 is 20.1 Å². The van der Waals surface area contributed by atoms with Gasteiger partial charge in [-0.05, 0) is 36.4 Å². The third-order valence-electron chi connectivity index (χ3n) is 3.97. The summed E-state index contributed by atoms with van der Waals surface area (Å²) in [5.74, 6) is 1.18. The van der Waals surface area contributed by atoms with Crippen molar-refractivity contribution in [3.63, 3.8) is 0 Å². The Morgan fingerprint density at radius 2 is 1.83 bits per heavy atom. The number of morpholine rings is 1. The van der Waals surface area contributed by atoms with E-state index in [4.69, 9.17) is 9.84 Å². The second kappa shape index (κ2) is 5.81. The molecule has 1 saturated heterocycles. The first kappa shape index (κ1) is 13.9. The molecule has 3 aromatic rings. The smallest absolute Gasteiger partial charge is 0.175 e. The minimum atomic E-state index is 0.254. The molecule has 0 saturated carbocycles. The zero-order valence-electron chi connectivity index (χ0n) is 12.6. The molecule has 0 radical (unpaired) electrons. The molecule has 118 valence electrons. The summed E-state index contributed by atoms with van der Waals surface area (Å²) < 4.78 is 7.32. The Morgan fingerprint density at radius 1 is 1.04 bits per heavy atom. The number of hydrogen-bond donors (Lipinski definition) is 2. The quantitative estimate of drug-likeness (QED) is 0.728. The van der Waals surface area contributed by atoms with E-state index in [0.29, 0.717) is 13.2 Å². The summed E-state index contributed by atoms with van der Waals surface area (Å²) >= 11 is 0. The van der Waals surface area contributed by atoms with Crippen LogP contribution in [0.1, 0.15) is 0 Å². The fourth-order valence-electron chi connectivity index (χ4n) is 2.79. The van der Waals surface area contributed by atoms with Crippen LogP contribution < -0.4 is 10.2 Å². The van der Waals surface area contributed by atoms with Gasteiger partial charge in [0.15, 0.2) is 5.82 Å². The van der Waals surface area contributed by atoms with Crippen LogP contribution in [0.3, 0.4) is 0 Å². The van der Waals surface area contributed by atoms with Crippen LogP contribution in [0.4, 0.5) is 17.2 Å². The first-order valence-corrected chi connectivity index (χ1v) is 7.67. The molecule has 0 atom stereocenters. The zero-order valence-corrected chi connectivity index (χ0v) is 12.6. The first-order valence-electron chi connectivity index (χ1n) is 7.67. The number of aromatic hydroxyl groups is 1. The molecule has 6 heteroatoms. The first-order chi connectivity index (χ1) is 11.3. The van der Waals surface area contributed by atoms with Crippen molar-refractivity contribution < 1.29 is 9.84 Å². The normalized spacial score (nSPS) is 15.0. The molecule has 6 nitrogen and oxygen atoms in total. The van der Waals surface area contributed by atoms with E-state index in [1.807, 2.05) is 41.0 Å². The number of ether oxygens (including phenoxy) is 1. The molecule has 23 heavy (non-hydrogen) atoms. The summed E-state index contributed by atoms with van der Waals surface area (Å²) in [6.07, 6.45) is 1.95. The number of nitrogens with one attached hydrogen (secondary N) is 1. The molecule has 0 aliphatic carbocycles. The van der Waals surface area contributed by atoms with Crippen molar-refractivity contribution in [3.05, 3.63) is 48.7 Å². The molecule has 1 aliphatic rings. The van der Waals surface area contributed by atoms with Crippen molar-refractivity contribution in [1.82, 2.24) is 9.61 Å². The van der Waals surface area contributed by atoms with Crippen molar-refractivity contribution in [2.45, 2.75) is 0 Å². The number of phenolic OH excluding ortho intramolecular Hbond substituents is 1. The minimum Gasteiger partial charge on any atom is -0.508 e. The highest BCUT2D eigenvalue weighted by atomic mass is 16.5. The summed E-state index contributed by atoms with van der Waals surface area (Å²) in [7, 11) is 0. The molecule has 2 N–H and O–H groups in total. The number of pyridine rings is 1. The van der Waals surface area contributed by atoms with E-state index in [1.165, 1.54) is 0 Å². The second-order valence-electron chi connectivity index (χ2n) is 5.50. The average molecular weight is 310 g/mol. The number of benzene rings is 1. The number of fused-ring (bicyclic) bond motifs is 1. The van der Waals surface area contributed by atoms with Gasteiger partial charge in [-0.15, -0.1) is 5.10 Å². The molecule has 1 aromatic carbocycles. The number of anilines is 3. The van der Waals surface area contributed by atoms with Crippen molar-refractivity contribution in [2.75, 3.05) is 36.5 Å². The number of aromatic nitrogens is 2. The molecule has 0 bridgehead atoms. The number of nitrogens with zero attached hydrogens (tertiary/aromatic N) is 3. The van der Waals surface area contributed by atoms with E-state index < -0.39 is 0 Å². The standard InChI is InChI=1S/C17H18N4O2/c22-14-6-4-13(5-7-14)18-16-15-3-1-2-8-21(15)19-17(16)20-9-11-23-12-10-20/h1-8,18,22H,9-12H2. The van der Waals surface area contributed by atoms with Gasteiger partial charge in [-0.2, -0.15) is 0 Å². The maximum atomic E-state index is 9.45. The third-order valence-corrected chi connectivity index (χ3v) is 3.97. The van der Waals surface area contributed by atoms with Crippen molar-refractivity contribution in [1.29, 1.82) is 0 Å². The van der Waals surface area contributed by atoms with E-state index in [0.717, 1.165) is 35.8 Å². The molecular weight excluding hydrogens is 292 g/mol. The van der Waals surface area contributed by atoms with Crippen LogP contribution in [-0.4, -0.2) is 41.0 Å². The Bertz CT molecular complexity index is 807. The molecular formula is C17H18N4O2. The largest absolute Gasteiger partial charge is 0.508 e. The third kappa shape index (κ3) is 2.68. The van der Waals surface area contributed by atoms with Gasteiger partial charge in [-0.3, -0.25) is 0 Å². The number of hydrogen-bond acceptors (Lipinski definition) is 5. The fraction of sp³-hybridized carbons (Fsp3) is 0.235. The van der Waals surface area contributed by atoms with Gasteiger partial charge in [0.2, 0.25) is 0 Å². The summed E-state index contributed by atoms with van der Waals surface area (Å²) in [6.45, 7) is 3.08. The predicted octanol–water partition coefficient (Wildman–Crippen LogP) is 2.62. The van der Waals surface area contributed by atoms with Crippen LogP contribution in [0.25, 0.3) is 5.52 Å². The van der Waals surface area contributed by atoms with E-state index in [2.05, 4.69) is 10.2 Å². The lowest BCUT2D eigenvalue weighted by Crippen LogP contribution is -2.36. The second-order valence-corrected chi connectivity index (χ2v) is 5.50. The molecule has 0 spiro atoms. The van der Waals surface area contributed by atoms with Crippen molar-refractivity contribution in [3.8, 4) is 5.75 Å². The van der Waals surface area contributed by atoms with Crippen molar-refractivity contribution in [2.24, 2.45) is 0 Å². The van der Waals surface area contributed by atoms with Crippen LogP contribution in [0, 0.1) is 0 Å². The molecule has 4 rings (SSSR count). The lowest BCUT2D eigenvalue weighted by atomic mass is 10.2. The van der Waals surface area contributed by atoms with Gasteiger partial charge in [0.05, 0.1) is 18.7 Å². The average Bonchev–Trinajstić information content (AvgIpc) is 2.96. The van der Waals surface area contributed by atoms with Gasteiger partial charge in [-0.1, -0.05) is 6.07 Å². The lowest BCUT2D eigenvalue weighted by molar-refractivity contribution is 0.122. The molecule has 0 unspecified atom stereocenters. The predicted molar refractivity (Wildman–Crippen MR) is 89.6 cm³/mol. The highest BCUT2D eigenvalue weighted by molar-refractivity contribution is 5.87. The lowest BCUT2D eigenvalue weighted by Gasteiger charge is -2.27. The molecule has 2 aromatic heterocycles. The van der Waals surface area contributed by atoms with E-state index in [1.54, 1.807) is 12.1 Å². The van der Waals surface area contributed by atoms with Gasteiger partial charge >= 0.3 is 0 Å². The van der Waals surface area contributed by atoms with Gasteiger partial charge in [0.25, 0.3) is 0 Å². The molecule has 1 fully saturated rings. The fourth-order valence-corrected chi connectivity index (χ4v) is 2.79. The van der Waals surface area contributed by atoms with Crippen LogP contribution in [0.5, 0.6) is 5.75 Å². The summed E-state index contributed by atoms with van der Waals surface area (Å²) in [5.41, 5.74) is 2.90. The monoisotopic (exact) mass is 310 g/mol. The van der Waals surface area contributed by atoms with Crippen LogP contribution in [0.2, 0.25) is 0 Å². The van der Waals surface area contributed by atoms with E-state index in [-0.39, 0.29) is 5.75 Å². The van der Waals surface area contributed by atoms with Crippen LogP contribution in [-0.2, 0) is 4.74 Å². The number of phenols is 1. The van der Waals surface area contributed by atoms with Crippen LogP contribution >= 0.6 is 0 Å². The molecule has 3 heterocycles. The molecule has 1 aliphatic heterocycles. The highest BCUT2D eigenvalue weighted by Crippen LogP contribution is 2.33. The SMILES string of the molecule is Oc1ccc(Nc2c(N3CCOCC3)nn3ccccc23)cc1. The Balaban J connectivity index is 1.77. The van der Waals surface area contributed by atoms with Crippen LogP contribution in [0.15, 0.2) is 48.7 Å². The topological polar surface area (TPSA) is 62.0 Å². The minimum absolute atomic E-state index is 0.254. The van der Waals surface area contributed by atoms with Crippen molar-refractivity contribution >= 4 is 22.7 Å². The number of rotatable bonds is 3.